The minimum Gasteiger partial charge on any atom is -0.170 e. The minimum absolute atomic E-state index is 0.366. The zero-order chi connectivity index (χ0) is 7.40. The molecule has 0 aliphatic heterocycles. The summed E-state index contributed by atoms with van der Waals surface area (Å²) in [5, 5.41) is 15.9. The lowest BCUT2D eigenvalue weighted by Crippen LogP contribution is -1.93. The quantitative estimate of drug-likeness (QED) is 0.429. The molecular weight excluding hydrogens is 150 g/mol. The molecule has 0 aromatic carbocycles. The molecule has 0 amide bonds. The van der Waals surface area contributed by atoms with Crippen LogP contribution in [0.15, 0.2) is 4.99 Å². The van der Waals surface area contributed by atoms with E-state index >= 15 is 0 Å². The predicted octanol–water partition coefficient (Wildman–Crippen LogP) is 0.309. The van der Waals surface area contributed by atoms with Crippen LogP contribution in [0.1, 0.15) is 5.69 Å². The molecule has 0 spiro atoms. The number of rotatable bonds is 1. The molecule has 5 nitrogen and oxygen atoms in total. The van der Waals surface area contributed by atoms with Crippen molar-refractivity contribution in [2.24, 2.45) is 4.99 Å². The highest BCUT2D eigenvalue weighted by molar-refractivity contribution is 7.78. The summed E-state index contributed by atoms with van der Waals surface area (Å²) in [6, 6.07) is 0. The molecule has 1 aromatic heterocycles. The third kappa shape index (κ3) is 1.37. The standard InChI is InChI=1S/C4H3N5S/c1-3-4(5-2-10)7-9-8-6-3/h1H3. The van der Waals surface area contributed by atoms with Crippen LogP contribution in [0, 0.1) is 6.92 Å². The monoisotopic (exact) mass is 153 g/mol. The first-order chi connectivity index (χ1) is 4.84. The summed E-state index contributed by atoms with van der Waals surface area (Å²) in [6.07, 6.45) is 0. The van der Waals surface area contributed by atoms with E-state index < -0.39 is 0 Å². The third-order valence-electron chi connectivity index (χ3n) is 0.849. The number of hydrogen-bond acceptors (Lipinski definition) is 6. The van der Waals surface area contributed by atoms with Crippen molar-refractivity contribution in [3.05, 3.63) is 5.69 Å². The summed E-state index contributed by atoms with van der Waals surface area (Å²) in [5.74, 6) is 0.366. The van der Waals surface area contributed by atoms with E-state index in [0.717, 1.165) is 0 Å². The summed E-state index contributed by atoms with van der Waals surface area (Å²) in [5.41, 5.74) is 0.590. The molecule has 0 saturated carbocycles. The van der Waals surface area contributed by atoms with Crippen LogP contribution in [0.4, 0.5) is 5.82 Å². The van der Waals surface area contributed by atoms with Gasteiger partial charge in [-0.15, -0.1) is 10.2 Å². The van der Waals surface area contributed by atoms with Crippen molar-refractivity contribution < 1.29 is 0 Å². The Balaban J connectivity index is 3.14. The van der Waals surface area contributed by atoms with Gasteiger partial charge >= 0.3 is 0 Å². The summed E-state index contributed by atoms with van der Waals surface area (Å²) >= 11 is 4.36. The van der Waals surface area contributed by atoms with Gasteiger partial charge in [0.05, 0.1) is 5.16 Å². The van der Waals surface area contributed by atoms with Crippen molar-refractivity contribution in [1.29, 1.82) is 0 Å². The third-order valence-corrected chi connectivity index (χ3v) is 0.941. The molecule has 0 aliphatic rings. The molecule has 1 heterocycles. The van der Waals surface area contributed by atoms with Crippen molar-refractivity contribution in [3.8, 4) is 0 Å². The van der Waals surface area contributed by atoms with Gasteiger partial charge in [0, 0.05) is 0 Å². The van der Waals surface area contributed by atoms with Gasteiger partial charge in [-0.1, -0.05) is 0 Å². The van der Waals surface area contributed by atoms with E-state index in [1.807, 2.05) is 0 Å². The molecule has 0 fully saturated rings. The highest BCUT2D eigenvalue weighted by Gasteiger charge is 1.96. The fourth-order valence-corrected chi connectivity index (χ4v) is 0.499. The van der Waals surface area contributed by atoms with E-state index in [0.29, 0.717) is 11.5 Å². The second-order valence-corrected chi connectivity index (χ2v) is 1.67. The number of aromatic nitrogens is 4. The number of isothiocyanates is 1. The summed E-state index contributed by atoms with van der Waals surface area (Å²) < 4.78 is 0. The molecule has 0 aliphatic carbocycles. The maximum atomic E-state index is 4.36. The van der Waals surface area contributed by atoms with Gasteiger partial charge in [-0.05, 0) is 29.6 Å². The molecule has 0 saturated heterocycles. The zero-order valence-electron chi connectivity index (χ0n) is 5.14. The molecule has 0 bridgehead atoms. The van der Waals surface area contributed by atoms with Crippen LogP contribution in [0.2, 0.25) is 0 Å². The number of hydrogen-bond donors (Lipinski definition) is 0. The van der Waals surface area contributed by atoms with E-state index in [4.69, 9.17) is 0 Å². The molecule has 50 valence electrons. The van der Waals surface area contributed by atoms with Crippen LogP contribution in [-0.4, -0.2) is 25.8 Å². The van der Waals surface area contributed by atoms with Crippen molar-refractivity contribution in [2.45, 2.75) is 6.92 Å². The Labute approximate surface area is 62.2 Å². The largest absolute Gasteiger partial charge is 0.209 e. The van der Waals surface area contributed by atoms with Crippen molar-refractivity contribution >= 4 is 23.2 Å². The number of nitrogens with zero attached hydrogens (tertiary/aromatic N) is 5. The lowest BCUT2D eigenvalue weighted by molar-refractivity contribution is 0.745. The zero-order valence-corrected chi connectivity index (χ0v) is 5.96. The molecule has 6 heteroatoms. The van der Waals surface area contributed by atoms with Gasteiger partial charge in [0.2, 0.25) is 5.82 Å². The average molecular weight is 153 g/mol. The Bertz CT molecular complexity index is 279. The van der Waals surface area contributed by atoms with Gasteiger partial charge in [0.25, 0.3) is 0 Å². The summed E-state index contributed by atoms with van der Waals surface area (Å²) in [7, 11) is 0. The molecular formula is C4H3N5S. The molecule has 0 radical (unpaired) electrons. The van der Waals surface area contributed by atoms with Crippen LogP contribution < -0.4 is 0 Å². The first kappa shape index (κ1) is 6.85. The normalized spacial score (nSPS) is 8.50. The first-order valence-electron chi connectivity index (χ1n) is 2.45. The maximum absolute atomic E-state index is 4.36. The Morgan fingerprint density at radius 2 is 2.10 bits per heavy atom. The SMILES string of the molecule is Cc1nnnnc1N=C=S. The molecule has 10 heavy (non-hydrogen) atoms. The van der Waals surface area contributed by atoms with E-state index in [1.165, 1.54) is 0 Å². The van der Waals surface area contributed by atoms with Crippen LogP contribution in [-0.2, 0) is 0 Å². The van der Waals surface area contributed by atoms with Crippen LogP contribution in [0.5, 0.6) is 0 Å². The van der Waals surface area contributed by atoms with Crippen molar-refractivity contribution in [1.82, 2.24) is 20.6 Å². The Morgan fingerprint density at radius 3 is 2.70 bits per heavy atom. The topological polar surface area (TPSA) is 63.9 Å². The van der Waals surface area contributed by atoms with Gasteiger partial charge in [0.1, 0.15) is 5.69 Å². The minimum atomic E-state index is 0.366. The van der Waals surface area contributed by atoms with E-state index in [2.05, 4.69) is 43.0 Å². The fourth-order valence-electron chi connectivity index (χ4n) is 0.413. The molecule has 0 N–H and O–H groups in total. The maximum Gasteiger partial charge on any atom is 0.209 e. The fraction of sp³-hybridized carbons (Fsp3) is 0.250. The highest BCUT2D eigenvalue weighted by atomic mass is 32.1. The average Bonchev–Trinajstić information content (AvgIpc) is 1.94. The van der Waals surface area contributed by atoms with Crippen LogP contribution in [0.3, 0.4) is 0 Å². The number of aliphatic imine (C=N–C) groups is 1. The van der Waals surface area contributed by atoms with E-state index in [-0.39, 0.29) is 0 Å². The van der Waals surface area contributed by atoms with E-state index in [1.54, 1.807) is 6.92 Å². The predicted molar refractivity (Wildman–Crippen MR) is 37.0 cm³/mol. The molecule has 0 unspecified atom stereocenters. The lowest BCUT2D eigenvalue weighted by atomic mass is 10.5. The lowest BCUT2D eigenvalue weighted by Gasteiger charge is -1.88. The summed E-state index contributed by atoms with van der Waals surface area (Å²) in [6.45, 7) is 1.72. The second-order valence-electron chi connectivity index (χ2n) is 1.49. The van der Waals surface area contributed by atoms with Gasteiger partial charge in [-0.2, -0.15) is 4.99 Å². The highest BCUT2D eigenvalue weighted by Crippen LogP contribution is 2.05. The van der Waals surface area contributed by atoms with E-state index in [9.17, 15) is 0 Å². The second kappa shape index (κ2) is 3.05. The number of aryl methyl sites for hydroxylation is 1. The Kier molecular flexibility index (Phi) is 2.09. The smallest absolute Gasteiger partial charge is 0.170 e. The molecule has 1 aromatic rings. The van der Waals surface area contributed by atoms with Crippen molar-refractivity contribution in [3.63, 3.8) is 0 Å². The molecule has 0 atom stereocenters. The van der Waals surface area contributed by atoms with Gasteiger partial charge in [-0.25, -0.2) is 0 Å². The Morgan fingerprint density at radius 1 is 1.40 bits per heavy atom. The first-order valence-corrected chi connectivity index (χ1v) is 2.86. The van der Waals surface area contributed by atoms with Crippen molar-refractivity contribution in [2.75, 3.05) is 0 Å². The Hall–Kier alpha value is -1.26. The number of thiocarbonyl (C=S) groups is 1. The van der Waals surface area contributed by atoms with Crippen LogP contribution in [0.25, 0.3) is 0 Å². The van der Waals surface area contributed by atoms with Gasteiger partial charge in [-0.3, -0.25) is 0 Å². The van der Waals surface area contributed by atoms with Gasteiger partial charge in [0.15, 0.2) is 0 Å². The summed E-state index contributed by atoms with van der Waals surface area (Å²) in [4.78, 5) is 3.59. The molecule has 1 rings (SSSR count). The van der Waals surface area contributed by atoms with Crippen LogP contribution >= 0.6 is 12.2 Å². The van der Waals surface area contributed by atoms with Gasteiger partial charge < -0.3 is 0 Å².